The van der Waals surface area contributed by atoms with Crippen molar-refractivity contribution in [3.8, 4) is 0 Å². The lowest BCUT2D eigenvalue weighted by molar-refractivity contribution is 0.194. The van der Waals surface area contributed by atoms with E-state index in [0.29, 0.717) is 13.2 Å². The number of aromatic nitrogens is 4. The third-order valence-electron chi connectivity index (χ3n) is 5.07. The number of rotatable bonds is 4. The number of ether oxygens (including phenoxy) is 1. The number of aromatic amines is 2. The molecule has 0 amide bonds. The molecular formula is C26H28N4O. The van der Waals surface area contributed by atoms with E-state index >= 15 is 0 Å². The van der Waals surface area contributed by atoms with Gasteiger partial charge in [0.2, 0.25) is 0 Å². The van der Waals surface area contributed by atoms with Crippen LogP contribution < -0.4 is 0 Å². The van der Waals surface area contributed by atoms with Crippen molar-refractivity contribution in [2.45, 2.75) is 25.7 Å². The van der Waals surface area contributed by atoms with Crippen molar-refractivity contribution in [2.75, 3.05) is 13.2 Å². The Kier molecular flexibility index (Phi) is 6.75. The number of nitrogens with zero attached hydrogens (tertiary/aromatic N) is 2. The number of hydrogen-bond donors (Lipinski definition) is 2. The molecule has 2 N–H and O–H groups in total. The van der Waals surface area contributed by atoms with Gasteiger partial charge in [0.25, 0.3) is 0 Å². The molecule has 0 saturated carbocycles. The molecule has 3 aromatic heterocycles. The van der Waals surface area contributed by atoms with Gasteiger partial charge in [-0.3, -0.25) is 9.97 Å². The number of hydrogen-bond acceptors (Lipinski definition) is 3. The first-order valence-electron chi connectivity index (χ1n) is 10.6. The maximum Gasteiger partial charge on any atom is 0.0649 e. The smallest absolute Gasteiger partial charge is 0.0649 e. The van der Waals surface area contributed by atoms with E-state index in [1.165, 1.54) is 0 Å². The van der Waals surface area contributed by atoms with E-state index in [9.17, 15) is 0 Å². The van der Waals surface area contributed by atoms with Crippen LogP contribution in [0.5, 0.6) is 0 Å². The average Bonchev–Trinajstić information content (AvgIpc) is 3.55. The van der Waals surface area contributed by atoms with Gasteiger partial charge in [0.05, 0.1) is 13.2 Å². The summed E-state index contributed by atoms with van der Waals surface area (Å²) in [7, 11) is 0. The van der Waals surface area contributed by atoms with Crippen LogP contribution in [0, 0.1) is 0 Å². The molecule has 0 aromatic carbocycles. The summed E-state index contributed by atoms with van der Waals surface area (Å²) >= 11 is 0. The van der Waals surface area contributed by atoms with E-state index in [4.69, 9.17) is 14.7 Å². The second-order valence-corrected chi connectivity index (χ2v) is 7.62. The van der Waals surface area contributed by atoms with E-state index in [2.05, 4.69) is 71.7 Å². The highest BCUT2D eigenvalue weighted by molar-refractivity contribution is 5.61. The zero-order chi connectivity index (χ0) is 21.5. The summed E-state index contributed by atoms with van der Waals surface area (Å²) in [6.07, 6.45) is 7.40. The molecule has 0 aliphatic carbocycles. The number of nitrogens with one attached hydrogen (secondary N) is 2. The van der Waals surface area contributed by atoms with E-state index in [0.717, 1.165) is 70.5 Å². The molecule has 5 heterocycles. The Bertz CT molecular complexity index is 1050. The third-order valence-corrected chi connectivity index (χ3v) is 5.07. The molecule has 2 aliphatic heterocycles. The Hall–Kier alpha value is -3.44. The van der Waals surface area contributed by atoms with Gasteiger partial charge in [-0.15, -0.1) is 13.2 Å². The Balaban J connectivity index is 0.000000289. The fourth-order valence-corrected chi connectivity index (χ4v) is 3.67. The van der Waals surface area contributed by atoms with Crippen LogP contribution >= 0.6 is 0 Å². The lowest BCUT2D eigenvalue weighted by Crippen LogP contribution is -1.87. The molecule has 0 spiro atoms. The molecule has 2 aliphatic rings. The van der Waals surface area contributed by atoms with Crippen LogP contribution in [0.3, 0.4) is 0 Å². The summed E-state index contributed by atoms with van der Waals surface area (Å²) in [6.45, 7) is 8.18. The van der Waals surface area contributed by atoms with E-state index in [1.54, 1.807) is 12.2 Å². The molecule has 0 atom stereocenters. The maximum absolute atomic E-state index is 4.90. The summed E-state index contributed by atoms with van der Waals surface area (Å²) in [6, 6.07) is 17.0. The van der Waals surface area contributed by atoms with Gasteiger partial charge in [0, 0.05) is 44.8 Å². The van der Waals surface area contributed by atoms with Crippen molar-refractivity contribution in [3.63, 3.8) is 0 Å². The van der Waals surface area contributed by atoms with Gasteiger partial charge in [0.15, 0.2) is 0 Å². The van der Waals surface area contributed by atoms with Crippen molar-refractivity contribution in [2.24, 2.45) is 0 Å². The van der Waals surface area contributed by atoms with Gasteiger partial charge in [-0.2, -0.15) is 0 Å². The molecule has 0 radical (unpaired) electrons. The Morgan fingerprint density at radius 3 is 1.26 bits per heavy atom. The SMILES string of the molecule is C=CCOCC=C.c1cc2cc3nc(cc4ccc(cc5nc(cc1[nH]2)CC5)[nH]4)CC3. The Morgan fingerprint density at radius 1 is 0.645 bits per heavy atom. The van der Waals surface area contributed by atoms with Gasteiger partial charge in [-0.05, 0) is 74.2 Å². The fraction of sp³-hybridized carbons (Fsp3) is 0.231. The maximum atomic E-state index is 4.90. The highest BCUT2D eigenvalue weighted by Gasteiger charge is 2.07. The monoisotopic (exact) mass is 412 g/mol. The average molecular weight is 413 g/mol. The van der Waals surface area contributed by atoms with Crippen molar-refractivity contribution in [1.82, 2.24) is 19.9 Å². The molecule has 8 bridgehead atoms. The number of aryl methyl sites for hydroxylation is 4. The van der Waals surface area contributed by atoms with Crippen LogP contribution in [0.2, 0.25) is 0 Å². The van der Waals surface area contributed by atoms with Crippen LogP contribution in [0.1, 0.15) is 22.8 Å². The van der Waals surface area contributed by atoms with Gasteiger partial charge in [0.1, 0.15) is 0 Å². The van der Waals surface area contributed by atoms with E-state index in [-0.39, 0.29) is 0 Å². The molecule has 158 valence electrons. The summed E-state index contributed by atoms with van der Waals surface area (Å²) < 4.78 is 4.90. The minimum atomic E-state index is 0.617. The zero-order valence-electron chi connectivity index (χ0n) is 17.7. The molecule has 0 unspecified atom stereocenters. The van der Waals surface area contributed by atoms with Crippen molar-refractivity contribution < 1.29 is 4.74 Å². The van der Waals surface area contributed by atoms with Gasteiger partial charge in [-0.1, -0.05) is 12.2 Å². The second kappa shape index (κ2) is 10.0. The van der Waals surface area contributed by atoms with Crippen LogP contribution in [0.25, 0.3) is 22.1 Å². The summed E-state index contributed by atoms with van der Waals surface area (Å²) in [5.74, 6) is 0. The van der Waals surface area contributed by atoms with Crippen molar-refractivity contribution >= 4 is 22.1 Å². The van der Waals surface area contributed by atoms with Crippen LogP contribution in [0.15, 0.2) is 73.8 Å². The van der Waals surface area contributed by atoms with E-state index < -0.39 is 0 Å². The predicted octanol–water partition coefficient (Wildman–Crippen LogP) is 5.26. The predicted molar refractivity (Wildman–Crippen MR) is 127 cm³/mol. The summed E-state index contributed by atoms with van der Waals surface area (Å²) in [4.78, 5) is 16.4. The van der Waals surface area contributed by atoms with Crippen LogP contribution in [-0.4, -0.2) is 33.1 Å². The summed E-state index contributed by atoms with van der Waals surface area (Å²) in [5.41, 5.74) is 8.94. The van der Waals surface area contributed by atoms with Crippen molar-refractivity contribution in [1.29, 1.82) is 0 Å². The first kappa shape index (κ1) is 20.8. The number of H-pyrrole nitrogens is 2. The lowest BCUT2D eigenvalue weighted by atomic mass is 10.2. The molecule has 5 nitrogen and oxygen atoms in total. The van der Waals surface area contributed by atoms with E-state index in [1.807, 2.05) is 0 Å². The van der Waals surface area contributed by atoms with Crippen molar-refractivity contribution in [3.05, 3.63) is 96.6 Å². The molecule has 31 heavy (non-hydrogen) atoms. The molecule has 5 rings (SSSR count). The largest absolute Gasteiger partial charge is 0.373 e. The normalized spacial score (nSPS) is 12.6. The highest BCUT2D eigenvalue weighted by Crippen LogP contribution is 2.16. The standard InChI is InChI=1S/C20H18N4.C6H10O/c1-2-14-10-16-5-6-18(23-16)12-20-8-7-19(24-20)11-17-4-3-15(22-17)9-13(1)21-14;1-3-5-7-6-4-2/h1-2,7-12,21,24H,3-6H2;3-4H,1-2,5-6H2. The highest BCUT2D eigenvalue weighted by atomic mass is 16.5. The van der Waals surface area contributed by atoms with Crippen LogP contribution in [0.4, 0.5) is 0 Å². The second-order valence-electron chi connectivity index (χ2n) is 7.62. The topological polar surface area (TPSA) is 66.6 Å². The molecule has 0 fully saturated rings. The summed E-state index contributed by atoms with van der Waals surface area (Å²) in [5, 5.41) is 0. The molecule has 5 heteroatoms. The van der Waals surface area contributed by atoms with Gasteiger partial charge in [-0.25, -0.2) is 0 Å². The minimum Gasteiger partial charge on any atom is -0.373 e. The first-order chi connectivity index (χ1) is 15.2. The number of fused-ring (bicyclic) bond motifs is 8. The third kappa shape index (κ3) is 5.80. The minimum absolute atomic E-state index is 0.617. The van der Waals surface area contributed by atoms with Gasteiger partial charge >= 0.3 is 0 Å². The lowest BCUT2D eigenvalue weighted by Gasteiger charge is -1.89. The first-order valence-corrected chi connectivity index (χ1v) is 10.6. The quantitative estimate of drug-likeness (QED) is 0.454. The van der Waals surface area contributed by atoms with Crippen LogP contribution in [-0.2, 0) is 30.4 Å². The Morgan fingerprint density at radius 2 is 0.968 bits per heavy atom. The Labute approximate surface area is 182 Å². The molecular weight excluding hydrogens is 384 g/mol. The molecule has 3 aromatic rings. The fourth-order valence-electron chi connectivity index (χ4n) is 3.67. The van der Waals surface area contributed by atoms with Gasteiger partial charge < -0.3 is 14.7 Å². The zero-order valence-corrected chi connectivity index (χ0v) is 17.7. The molecule has 0 saturated heterocycles.